The average molecular weight is 269 g/mol. The monoisotopic (exact) mass is 269 g/mol. The highest BCUT2D eigenvalue weighted by Crippen LogP contribution is 2.36. The van der Waals surface area contributed by atoms with Gasteiger partial charge in [0.1, 0.15) is 13.1 Å². The number of anilines is 1. The van der Waals surface area contributed by atoms with E-state index in [1.807, 2.05) is 23.1 Å². The van der Waals surface area contributed by atoms with Crippen LogP contribution in [0.5, 0.6) is 0 Å². The van der Waals surface area contributed by atoms with Crippen molar-refractivity contribution in [2.24, 2.45) is 0 Å². The predicted molar refractivity (Wildman–Crippen MR) is 77.1 cm³/mol. The van der Waals surface area contributed by atoms with Crippen molar-refractivity contribution in [3.05, 3.63) is 42.0 Å². The van der Waals surface area contributed by atoms with Gasteiger partial charge < -0.3 is 9.64 Å². The molecule has 1 saturated heterocycles. The highest BCUT2D eigenvalue weighted by molar-refractivity contribution is 6.24. The molecule has 2 heterocycles. The number of carbonyl (C=O) groups excluding carboxylic acids is 1. The van der Waals surface area contributed by atoms with Crippen molar-refractivity contribution in [3.63, 3.8) is 0 Å². The van der Waals surface area contributed by atoms with Gasteiger partial charge in [-0.15, -0.1) is 0 Å². The number of hydrogen-bond acceptors (Lipinski definition) is 2. The molecule has 0 bridgehead atoms. The van der Waals surface area contributed by atoms with E-state index in [2.05, 4.69) is 18.2 Å². The molecule has 4 nitrogen and oxygen atoms in total. The first kappa shape index (κ1) is 11.9. The second-order valence-electron chi connectivity index (χ2n) is 5.43. The lowest BCUT2D eigenvalue weighted by Gasteiger charge is -2.28. The summed E-state index contributed by atoms with van der Waals surface area (Å²) in [6, 6.07) is 12.1. The van der Waals surface area contributed by atoms with Crippen molar-refractivity contribution in [2.75, 3.05) is 37.9 Å². The summed E-state index contributed by atoms with van der Waals surface area (Å²) in [4.78, 5) is 16.0. The highest BCUT2D eigenvalue weighted by atomic mass is 16.5. The van der Waals surface area contributed by atoms with E-state index in [-0.39, 0.29) is 5.91 Å². The predicted octanol–water partition coefficient (Wildman–Crippen LogP) is 0.673. The van der Waals surface area contributed by atoms with Crippen LogP contribution in [0.25, 0.3) is 10.8 Å². The van der Waals surface area contributed by atoms with Gasteiger partial charge in [0, 0.05) is 5.39 Å². The Labute approximate surface area is 117 Å². The number of quaternary nitrogens is 1. The third-order valence-corrected chi connectivity index (χ3v) is 4.23. The fourth-order valence-electron chi connectivity index (χ4n) is 3.18. The first-order valence-electron chi connectivity index (χ1n) is 7.09. The first-order chi connectivity index (χ1) is 9.84. The molecule has 0 aliphatic carbocycles. The van der Waals surface area contributed by atoms with Crippen molar-refractivity contribution in [1.29, 1.82) is 0 Å². The van der Waals surface area contributed by atoms with Crippen molar-refractivity contribution in [3.8, 4) is 0 Å². The van der Waals surface area contributed by atoms with Gasteiger partial charge in [0.25, 0.3) is 5.91 Å². The van der Waals surface area contributed by atoms with Crippen LogP contribution in [-0.2, 0) is 4.74 Å². The lowest BCUT2D eigenvalue weighted by molar-refractivity contribution is -0.906. The van der Waals surface area contributed by atoms with Gasteiger partial charge in [0.05, 0.1) is 24.5 Å². The van der Waals surface area contributed by atoms with E-state index in [0.29, 0.717) is 0 Å². The minimum absolute atomic E-state index is 0.135. The summed E-state index contributed by atoms with van der Waals surface area (Å²) in [5.74, 6) is 0.135. The van der Waals surface area contributed by atoms with Crippen LogP contribution in [-0.4, -0.2) is 38.9 Å². The molecule has 0 saturated carbocycles. The van der Waals surface area contributed by atoms with Crippen LogP contribution in [0, 0.1) is 0 Å². The number of rotatable bonds is 2. The van der Waals surface area contributed by atoms with Gasteiger partial charge in [0.15, 0.2) is 6.67 Å². The Hall–Kier alpha value is -1.91. The van der Waals surface area contributed by atoms with Gasteiger partial charge in [-0.05, 0) is 17.5 Å². The lowest BCUT2D eigenvalue weighted by atomic mass is 10.1. The van der Waals surface area contributed by atoms with Crippen LogP contribution >= 0.6 is 0 Å². The Balaban J connectivity index is 1.73. The van der Waals surface area contributed by atoms with E-state index < -0.39 is 0 Å². The second-order valence-corrected chi connectivity index (χ2v) is 5.43. The van der Waals surface area contributed by atoms with Crippen LogP contribution in [0.1, 0.15) is 10.4 Å². The second kappa shape index (κ2) is 4.58. The maximum Gasteiger partial charge on any atom is 0.263 e. The molecule has 4 heteroatoms. The summed E-state index contributed by atoms with van der Waals surface area (Å²) in [7, 11) is 0. The fraction of sp³-hybridized carbons (Fsp3) is 0.312. The molecular weight excluding hydrogens is 252 g/mol. The van der Waals surface area contributed by atoms with E-state index in [0.717, 1.165) is 55.0 Å². The molecule has 0 spiro atoms. The fourth-order valence-corrected chi connectivity index (χ4v) is 3.18. The van der Waals surface area contributed by atoms with Gasteiger partial charge in [0.2, 0.25) is 0 Å². The molecule has 0 unspecified atom stereocenters. The van der Waals surface area contributed by atoms with Crippen LogP contribution in [0.15, 0.2) is 36.4 Å². The largest absolute Gasteiger partial charge is 0.370 e. The van der Waals surface area contributed by atoms with Gasteiger partial charge in [-0.25, -0.2) is 0 Å². The zero-order valence-electron chi connectivity index (χ0n) is 11.3. The number of hydrogen-bond donors (Lipinski definition) is 1. The molecular formula is C16H17N2O2+. The normalized spacial score (nSPS) is 19.0. The summed E-state index contributed by atoms with van der Waals surface area (Å²) in [5.41, 5.74) is 1.90. The molecule has 2 aliphatic rings. The van der Waals surface area contributed by atoms with Gasteiger partial charge in [-0.3, -0.25) is 9.69 Å². The Morgan fingerprint density at radius 3 is 2.65 bits per heavy atom. The molecule has 0 radical (unpaired) electrons. The molecule has 4 rings (SSSR count). The van der Waals surface area contributed by atoms with Gasteiger partial charge in [-0.2, -0.15) is 0 Å². The number of nitrogens with zero attached hydrogens (tertiary/aromatic N) is 1. The summed E-state index contributed by atoms with van der Waals surface area (Å²) >= 11 is 0. The minimum atomic E-state index is 0.135. The Bertz CT molecular complexity index is 672. The van der Waals surface area contributed by atoms with Crippen molar-refractivity contribution in [2.45, 2.75) is 0 Å². The number of nitrogens with one attached hydrogen (secondary N) is 1. The number of carbonyl (C=O) groups is 1. The number of benzene rings is 2. The SMILES string of the molecule is O=C1c2cccc3cccc(c23)N1C[NH+]1CCOCC1. The maximum atomic E-state index is 12.6. The third-order valence-electron chi connectivity index (χ3n) is 4.23. The first-order valence-corrected chi connectivity index (χ1v) is 7.09. The zero-order chi connectivity index (χ0) is 13.5. The molecule has 1 fully saturated rings. The van der Waals surface area contributed by atoms with Crippen molar-refractivity contribution >= 4 is 22.4 Å². The van der Waals surface area contributed by atoms with E-state index in [1.54, 1.807) is 0 Å². The van der Waals surface area contributed by atoms with Gasteiger partial charge in [-0.1, -0.05) is 24.3 Å². The molecule has 20 heavy (non-hydrogen) atoms. The van der Waals surface area contributed by atoms with Crippen LogP contribution < -0.4 is 9.80 Å². The molecule has 0 aromatic heterocycles. The summed E-state index contributed by atoms with van der Waals surface area (Å²) < 4.78 is 5.39. The van der Waals surface area contributed by atoms with Crippen LogP contribution in [0.2, 0.25) is 0 Å². The number of ether oxygens (including phenoxy) is 1. The lowest BCUT2D eigenvalue weighted by Crippen LogP contribution is -3.15. The standard InChI is InChI=1S/C16H16N2O2/c19-16-13-5-1-3-12-4-2-6-14(15(12)13)18(16)11-17-7-9-20-10-8-17/h1-6H,7-11H2/p+1. The Morgan fingerprint density at radius 1 is 1.10 bits per heavy atom. The molecule has 1 amide bonds. The molecule has 0 atom stereocenters. The zero-order valence-corrected chi connectivity index (χ0v) is 11.3. The molecule has 2 aliphatic heterocycles. The van der Waals surface area contributed by atoms with E-state index in [1.165, 1.54) is 4.90 Å². The van der Waals surface area contributed by atoms with E-state index >= 15 is 0 Å². The minimum Gasteiger partial charge on any atom is -0.370 e. The number of amides is 1. The molecule has 1 N–H and O–H groups in total. The highest BCUT2D eigenvalue weighted by Gasteiger charge is 2.32. The third kappa shape index (κ3) is 1.72. The Morgan fingerprint density at radius 2 is 1.85 bits per heavy atom. The molecule has 102 valence electrons. The quantitative estimate of drug-likeness (QED) is 0.869. The Kier molecular flexibility index (Phi) is 2.72. The van der Waals surface area contributed by atoms with Crippen LogP contribution in [0.3, 0.4) is 0 Å². The molecule has 2 aromatic carbocycles. The van der Waals surface area contributed by atoms with Gasteiger partial charge >= 0.3 is 0 Å². The van der Waals surface area contributed by atoms with Crippen molar-refractivity contribution < 1.29 is 14.4 Å². The summed E-state index contributed by atoms with van der Waals surface area (Å²) in [6.45, 7) is 4.24. The maximum absolute atomic E-state index is 12.6. The number of morpholine rings is 1. The van der Waals surface area contributed by atoms with E-state index in [4.69, 9.17) is 4.74 Å². The van der Waals surface area contributed by atoms with E-state index in [9.17, 15) is 4.79 Å². The van der Waals surface area contributed by atoms with Crippen molar-refractivity contribution in [1.82, 2.24) is 0 Å². The average Bonchev–Trinajstić information content (AvgIpc) is 2.77. The summed E-state index contributed by atoms with van der Waals surface area (Å²) in [6.07, 6.45) is 0. The molecule has 2 aromatic rings. The summed E-state index contributed by atoms with van der Waals surface area (Å²) in [5, 5.41) is 2.25. The van der Waals surface area contributed by atoms with Crippen LogP contribution in [0.4, 0.5) is 5.69 Å². The topological polar surface area (TPSA) is 34.0 Å². The smallest absolute Gasteiger partial charge is 0.263 e.